The predicted molar refractivity (Wildman–Crippen MR) is 195 cm³/mol. The second-order valence-corrected chi connectivity index (χ2v) is 14.6. The van der Waals surface area contributed by atoms with Gasteiger partial charge in [-0.25, -0.2) is 9.97 Å². The first-order chi connectivity index (χ1) is 24.4. The average Bonchev–Trinajstić information content (AvgIpc) is 3.49. The SMILES string of the molecule is CC(=O)OCc1c(C2=CN(C)C(O)C(Nc3ccc(N4CCN(CC(C)(C)O)CC4)cn3)=C2)ccnc1N1CCn2c(cc3c2CCCC3)C1=O. The number of carbonyl (C=O) groups excluding carboxylic acids is 2. The van der Waals surface area contributed by atoms with Gasteiger partial charge in [-0.1, -0.05) is 0 Å². The molecule has 13 heteroatoms. The number of aliphatic hydroxyl groups is 2. The number of nitrogens with one attached hydrogen (secondary N) is 1. The Balaban J connectivity index is 1.13. The molecule has 0 saturated carbocycles. The highest BCUT2D eigenvalue weighted by Crippen LogP contribution is 2.35. The maximum atomic E-state index is 14.0. The first-order valence-electron chi connectivity index (χ1n) is 17.9. The minimum absolute atomic E-state index is 0.0651. The van der Waals surface area contributed by atoms with E-state index < -0.39 is 17.8 Å². The Morgan fingerprint density at radius 3 is 2.57 bits per heavy atom. The summed E-state index contributed by atoms with van der Waals surface area (Å²) >= 11 is 0. The quantitative estimate of drug-likeness (QED) is 0.284. The number of aryl methyl sites for hydroxylation is 1. The van der Waals surface area contributed by atoms with Crippen LogP contribution in [0, 0.1) is 0 Å². The van der Waals surface area contributed by atoms with Crippen molar-refractivity contribution in [2.75, 3.05) is 61.4 Å². The van der Waals surface area contributed by atoms with Crippen molar-refractivity contribution in [3.63, 3.8) is 0 Å². The lowest BCUT2D eigenvalue weighted by Gasteiger charge is -2.38. The van der Waals surface area contributed by atoms with Crippen molar-refractivity contribution in [2.24, 2.45) is 0 Å². The highest BCUT2D eigenvalue weighted by molar-refractivity contribution is 6.06. The van der Waals surface area contributed by atoms with Gasteiger partial charge in [0.1, 0.15) is 23.9 Å². The number of aliphatic hydroxyl groups excluding tert-OH is 1. The first kappa shape index (κ1) is 34.7. The molecule has 0 aromatic carbocycles. The van der Waals surface area contributed by atoms with Crippen LogP contribution >= 0.6 is 0 Å². The van der Waals surface area contributed by atoms with Crippen molar-refractivity contribution in [2.45, 2.75) is 71.4 Å². The standard InChI is InChI=1S/C38H48N8O5/c1-25(47)51-23-30-29(11-12-39-35(30)46-18-17-45-32-8-6-5-7-26(32)20-33(45)37(46)49)27-19-31(36(48)42(4)22-27)41-34-10-9-28(21-40-34)44-15-13-43(14-16-44)24-38(2,3)50/h9-12,19-22,36,48,50H,5-8,13-18,23-24H2,1-4H3,(H,40,41). The van der Waals surface area contributed by atoms with E-state index in [2.05, 4.69) is 29.7 Å². The van der Waals surface area contributed by atoms with Gasteiger partial charge in [0.25, 0.3) is 5.91 Å². The molecule has 4 aliphatic rings. The highest BCUT2D eigenvalue weighted by Gasteiger charge is 2.33. The average molecular weight is 697 g/mol. The zero-order valence-corrected chi connectivity index (χ0v) is 29.9. The number of aromatic nitrogens is 3. The molecule has 1 unspecified atom stereocenters. The van der Waals surface area contributed by atoms with E-state index >= 15 is 0 Å². The number of piperazine rings is 1. The fourth-order valence-corrected chi connectivity index (χ4v) is 7.68. The number of esters is 1. The van der Waals surface area contributed by atoms with Crippen molar-refractivity contribution in [1.82, 2.24) is 24.3 Å². The van der Waals surface area contributed by atoms with Gasteiger partial charge in [-0.15, -0.1) is 0 Å². The summed E-state index contributed by atoms with van der Waals surface area (Å²) in [5.74, 6) is 0.494. The molecule has 51 heavy (non-hydrogen) atoms. The van der Waals surface area contributed by atoms with E-state index in [9.17, 15) is 19.8 Å². The lowest BCUT2D eigenvalue weighted by atomic mass is 9.98. The zero-order valence-electron chi connectivity index (χ0n) is 29.9. The number of rotatable bonds is 9. The first-order valence-corrected chi connectivity index (χ1v) is 17.9. The number of carbonyl (C=O) groups is 2. The van der Waals surface area contributed by atoms with E-state index in [4.69, 9.17) is 4.74 Å². The maximum Gasteiger partial charge on any atom is 0.302 e. The fourth-order valence-electron chi connectivity index (χ4n) is 7.68. The van der Waals surface area contributed by atoms with E-state index in [1.54, 1.807) is 23.0 Å². The largest absolute Gasteiger partial charge is 0.461 e. The normalized spacial score (nSPS) is 19.7. The second kappa shape index (κ2) is 14.1. The molecular formula is C38H48N8O5. The minimum Gasteiger partial charge on any atom is -0.461 e. The van der Waals surface area contributed by atoms with Gasteiger partial charge in [-0.2, -0.15) is 0 Å². The number of β-amino-alcohol motifs (C(OH)–C–C–N with tert-alkyl or cyclic N) is 1. The Hall–Kier alpha value is -4.72. The number of allylic oxidation sites excluding steroid dienone is 2. The second-order valence-electron chi connectivity index (χ2n) is 14.6. The molecule has 6 heterocycles. The Bertz CT molecular complexity index is 1850. The molecule has 3 aromatic rings. The van der Waals surface area contributed by atoms with Gasteiger partial charge in [0.15, 0.2) is 6.23 Å². The van der Waals surface area contributed by atoms with Gasteiger partial charge < -0.3 is 34.6 Å². The van der Waals surface area contributed by atoms with Crippen LogP contribution in [0.5, 0.6) is 0 Å². The molecule has 1 aliphatic carbocycles. The molecule has 0 radical (unpaired) electrons. The van der Waals surface area contributed by atoms with E-state index in [-0.39, 0.29) is 12.5 Å². The number of anilines is 3. The van der Waals surface area contributed by atoms with Crippen molar-refractivity contribution < 1.29 is 24.5 Å². The Morgan fingerprint density at radius 2 is 1.84 bits per heavy atom. The lowest BCUT2D eigenvalue weighted by molar-refractivity contribution is -0.142. The molecule has 1 fully saturated rings. The number of fused-ring (bicyclic) bond motifs is 3. The van der Waals surface area contributed by atoms with E-state index in [1.807, 2.05) is 56.6 Å². The molecule has 3 N–H and O–H groups in total. The van der Waals surface area contributed by atoms with E-state index in [1.165, 1.54) is 18.2 Å². The van der Waals surface area contributed by atoms with Crippen molar-refractivity contribution >= 4 is 34.8 Å². The molecule has 0 bridgehead atoms. The van der Waals surface area contributed by atoms with E-state index in [0.717, 1.165) is 68.7 Å². The molecule has 270 valence electrons. The summed E-state index contributed by atoms with van der Waals surface area (Å²) in [6, 6.07) is 7.81. The van der Waals surface area contributed by atoms with Crippen LogP contribution in [-0.2, 0) is 35.5 Å². The van der Waals surface area contributed by atoms with Crippen LogP contribution in [0.15, 0.2) is 54.6 Å². The summed E-state index contributed by atoms with van der Waals surface area (Å²) in [6.07, 6.45) is 10.5. The summed E-state index contributed by atoms with van der Waals surface area (Å²) in [5, 5.41) is 24.7. The molecule has 1 atom stereocenters. The van der Waals surface area contributed by atoms with Gasteiger partial charge in [-0.3, -0.25) is 19.4 Å². The van der Waals surface area contributed by atoms with Crippen LogP contribution < -0.4 is 15.1 Å². The number of likely N-dealkylation sites (N-methyl/N-ethyl adjacent to an activating group) is 1. The Kier molecular flexibility index (Phi) is 9.62. The maximum absolute atomic E-state index is 14.0. The zero-order chi connectivity index (χ0) is 35.9. The van der Waals surface area contributed by atoms with Crippen molar-refractivity contribution in [1.29, 1.82) is 0 Å². The summed E-state index contributed by atoms with van der Waals surface area (Å²) < 4.78 is 7.71. The number of ether oxygens (including phenoxy) is 1. The van der Waals surface area contributed by atoms with Gasteiger partial charge in [0.05, 0.1) is 23.2 Å². The third-order valence-corrected chi connectivity index (χ3v) is 10.1. The van der Waals surface area contributed by atoms with Gasteiger partial charge in [0, 0.05) is 89.0 Å². The van der Waals surface area contributed by atoms with Gasteiger partial charge in [-0.05, 0) is 81.0 Å². The van der Waals surface area contributed by atoms with Crippen LogP contribution in [0.1, 0.15) is 66.5 Å². The molecular weight excluding hydrogens is 648 g/mol. The molecule has 0 spiro atoms. The van der Waals surface area contributed by atoms with Crippen LogP contribution in [0.3, 0.4) is 0 Å². The van der Waals surface area contributed by atoms with Crippen LogP contribution in [0.2, 0.25) is 0 Å². The van der Waals surface area contributed by atoms with Crippen LogP contribution in [0.4, 0.5) is 17.3 Å². The van der Waals surface area contributed by atoms with Crippen molar-refractivity contribution in [3.05, 3.63) is 82.7 Å². The number of hydrogen-bond donors (Lipinski definition) is 3. The molecule has 1 saturated heterocycles. The summed E-state index contributed by atoms with van der Waals surface area (Å²) in [7, 11) is 1.78. The van der Waals surface area contributed by atoms with E-state index in [0.29, 0.717) is 48.2 Å². The summed E-state index contributed by atoms with van der Waals surface area (Å²) in [6.45, 7) is 10.1. The number of hydrogen-bond acceptors (Lipinski definition) is 11. The number of amides is 1. The highest BCUT2D eigenvalue weighted by atomic mass is 16.5. The number of nitrogens with zero attached hydrogens (tertiary/aromatic N) is 7. The molecule has 7 rings (SSSR count). The molecule has 3 aliphatic heterocycles. The molecule has 13 nitrogen and oxygen atoms in total. The molecule has 1 amide bonds. The summed E-state index contributed by atoms with van der Waals surface area (Å²) in [4.78, 5) is 43.4. The predicted octanol–water partition coefficient (Wildman–Crippen LogP) is 3.37. The Labute approximate surface area is 298 Å². The van der Waals surface area contributed by atoms with Gasteiger partial charge in [0.2, 0.25) is 0 Å². The fraction of sp³-hybridized carbons (Fsp3) is 0.474. The monoisotopic (exact) mass is 696 g/mol. The Morgan fingerprint density at radius 1 is 1.06 bits per heavy atom. The summed E-state index contributed by atoms with van der Waals surface area (Å²) in [5.41, 5.74) is 6.12. The van der Waals surface area contributed by atoms with Crippen molar-refractivity contribution in [3.8, 4) is 0 Å². The number of pyridine rings is 2. The topological polar surface area (TPSA) is 140 Å². The third-order valence-electron chi connectivity index (χ3n) is 10.1. The van der Waals surface area contributed by atoms with Crippen LogP contribution in [-0.4, -0.2) is 105 Å². The van der Waals surface area contributed by atoms with Gasteiger partial charge >= 0.3 is 5.97 Å². The smallest absolute Gasteiger partial charge is 0.302 e. The third kappa shape index (κ3) is 7.37. The lowest BCUT2D eigenvalue weighted by Crippen LogP contribution is -2.50. The minimum atomic E-state index is -0.959. The molecule has 3 aromatic heterocycles. The van der Waals surface area contributed by atoms with Crippen LogP contribution in [0.25, 0.3) is 5.57 Å².